The Bertz CT molecular complexity index is 1250. The van der Waals surface area contributed by atoms with Crippen LogP contribution in [0.5, 0.6) is 0 Å². The topological polar surface area (TPSA) is 230 Å². The van der Waals surface area contributed by atoms with E-state index in [4.69, 9.17) is 11.5 Å². The van der Waals surface area contributed by atoms with E-state index in [0.717, 1.165) is 18.2 Å². The standard InChI is InChI=1S/C18H14N8O7/c19-18(20)23-22-14-13(15(27)21-9-3-1-5-11(7-9)25(30)31)16(28)24(17(14)29)10-4-2-6-12(8-10)26(32)33/h1-8,13H,(H,21,27)(H4,19,20,23). The van der Waals surface area contributed by atoms with Gasteiger partial charge in [0.05, 0.1) is 15.5 Å². The number of imide groups is 1. The van der Waals surface area contributed by atoms with Crippen molar-refractivity contribution < 1.29 is 24.2 Å². The molecular weight excluding hydrogens is 440 g/mol. The van der Waals surface area contributed by atoms with Gasteiger partial charge in [-0.2, -0.15) is 0 Å². The number of hydrogen-bond donors (Lipinski definition) is 3. The van der Waals surface area contributed by atoms with E-state index >= 15 is 0 Å². The summed E-state index contributed by atoms with van der Waals surface area (Å²) in [7, 11) is 0. The molecule has 33 heavy (non-hydrogen) atoms. The number of anilines is 2. The summed E-state index contributed by atoms with van der Waals surface area (Å²) in [6.07, 6.45) is 0. The molecule has 15 heteroatoms. The zero-order chi connectivity index (χ0) is 24.3. The van der Waals surface area contributed by atoms with E-state index in [-0.39, 0.29) is 17.1 Å². The van der Waals surface area contributed by atoms with Gasteiger partial charge in [0.1, 0.15) is 0 Å². The molecule has 0 radical (unpaired) electrons. The van der Waals surface area contributed by atoms with Crippen LogP contribution in [0.4, 0.5) is 22.7 Å². The molecule has 1 heterocycles. The quantitative estimate of drug-likeness (QED) is 0.135. The third-order valence-electron chi connectivity index (χ3n) is 4.32. The molecule has 3 amide bonds. The first-order valence-corrected chi connectivity index (χ1v) is 8.94. The van der Waals surface area contributed by atoms with E-state index in [1.807, 2.05) is 0 Å². The van der Waals surface area contributed by atoms with Gasteiger partial charge >= 0.3 is 0 Å². The van der Waals surface area contributed by atoms with Gasteiger partial charge < -0.3 is 16.8 Å². The summed E-state index contributed by atoms with van der Waals surface area (Å²) < 4.78 is 0. The summed E-state index contributed by atoms with van der Waals surface area (Å²) in [6, 6.07) is 9.49. The molecule has 2 aromatic carbocycles. The van der Waals surface area contributed by atoms with E-state index < -0.39 is 50.8 Å². The molecule has 0 bridgehead atoms. The molecule has 0 spiro atoms. The predicted octanol–water partition coefficient (Wildman–Crippen LogP) is 0.261. The average molecular weight is 454 g/mol. The first-order valence-electron chi connectivity index (χ1n) is 8.94. The van der Waals surface area contributed by atoms with Crippen LogP contribution >= 0.6 is 0 Å². The highest BCUT2D eigenvalue weighted by molar-refractivity contribution is 6.61. The highest BCUT2D eigenvalue weighted by atomic mass is 16.6. The largest absolute Gasteiger partial charge is 0.369 e. The number of nitrogens with zero attached hydrogens (tertiary/aromatic N) is 5. The van der Waals surface area contributed by atoms with Gasteiger partial charge in [-0.15, -0.1) is 10.2 Å². The molecule has 0 aliphatic carbocycles. The summed E-state index contributed by atoms with van der Waals surface area (Å²) in [6.45, 7) is 0. The molecule has 168 valence electrons. The van der Waals surface area contributed by atoms with E-state index in [9.17, 15) is 34.6 Å². The summed E-state index contributed by atoms with van der Waals surface area (Å²) >= 11 is 0. The number of rotatable bonds is 6. The fraction of sp³-hybridized carbons (Fsp3) is 0.0556. The zero-order valence-electron chi connectivity index (χ0n) is 16.4. The Balaban J connectivity index is 2.02. The van der Waals surface area contributed by atoms with E-state index in [2.05, 4.69) is 15.5 Å². The second-order valence-electron chi connectivity index (χ2n) is 6.50. The van der Waals surface area contributed by atoms with Crippen LogP contribution in [0.1, 0.15) is 0 Å². The molecule has 0 aromatic heterocycles. The lowest BCUT2D eigenvalue weighted by molar-refractivity contribution is -0.385. The highest BCUT2D eigenvalue weighted by Crippen LogP contribution is 2.29. The van der Waals surface area contributed by atoms with Crippen molar-refractivity contribution >= 4 is 52.1 Å². The van der Waals surface area contributed by atoms with Crippen LogP contribution in [0.25, 0.3) is 0 Å². The van der Waals surface area contributed by atoms with Gasteiger partial charge in [0, 0.05) is 30.0 Å². The number of nitro groups is 2. The molecule has 1 fully saturated rings. The van der Waals surface area contributed by atoms with Crippen molar-refractivity contribution in [3.8, 4) is 0 Å². The van der Waals surface area contributed by atoms with Gasteiger partial charge in [-0.3, -0.25) is 34.6 Å². The number of non-ortho nitro benzene ring substituents is 2. The van der Waals surface area contributed by atoms with Crippen molar-refractivity contribution in [1.29, 1.82) is 0 Å². The fourth-order valence-corrected chi connectivity index (χ4v) is 2.93. The maximum Gasteiger partial charge on any atom is 0.282 e. The monoisotopic (exact) mass is 454 g/mol. The Morgan fingerprint density at radius 1 is 1.00 bits per heavy atom. The fourth-order valence-electron chi connectivity index (χ4n) is 2.93. The van der Waals surface area contributed by atoms with Crippen molar-refractivity contribution in [1.82, 2.24) is 0 Å². The smallest absolute Gasteiger partial charge is 0.282 e. The van der Waals surface area contributed by atoms with Crippen molar-refractivity contribution in [3.05, 3.63) is 68.8 Å². The van der Waals surface area contributed by atoms with Crippen molar-refractivity contribution in [2.24, 2.45) is 27.6 Å². The normalized spacial score (nSPS) is 16.5. The summed E-state index contributed by atoms with van der Waals surface area (Å²) in [4.78, 5) is 59.9. The Labute approximate surface area is 183 Å². The van der Waals surface area contributed by atoms with Crippen LogP contribution in [0.3, 0.4) is 0 Å². The molecule has 2 aromatic rings. The first-order chi connectivity index (χ1) is 15.6. The molecule has 1 unspecified atom stereocenters. The van der Waals surface area contributed by atoms with Gasteiger partial charge in [0.25, 0.3) is 23.2 Å². The number of hydrogen-bond acceptors (Lipinski definition) is 9. The van der Waals surface area contributed by atoms with Crippen molar-refractivity contribution in [2.75, 3.05) is 10.2 Å². The highest BCUT2D eigenvalue weighted by Gasteiger charge is 2.50. The van der Waals surface area contributed by atoms with E-state index in [1.165, 1.54) is 30.3 Å². The lowest BCUT2D eigenvalue weighted by Crippen LogP contribution is -2.34. The number of nitro benzene ring substituents is 2. The van der Waals surface area contributed by atoms with E-state index in [0.29, 0.717) is 4.90 Å². The Hall–Kier alpha value is -5.21. The number of carbonyl (C=O) groups is 3. The van der Waals surface area contributed by atoms with Crippen molar-refractivity contribution in [2.45, 2.75) is 0 Å². The van der Waals surface area contributed by atoms with E-state index in [1.54, 1.807) is 0 Å². The second kappa shape index (κ2) is 8.88. The van der Waals surface area contributed by atoms with Crippen molar-refractivity contribution in [3.63, 3.8) is 0 Å². The second-order valence-corrected chi connectivity index (χ2v) is 6.50. The number of benzene rings is 2. The number of guanidine groups is 1. The Morgan fingerprint density at radius 2 is 1.61 bits per heavy atom. The maximum atomic E-state index is 13.0. The number of carbonyl (C=O) groups excluding carboxylic acids is 3. The third kappa shape index (κ3) is 4.61. The molecule has 0 saturated carbocycles. The maximum absolute atomic E-state index is 13.0. The molecule has 1 atom stereocenters. The average Bonchev–Trinajstić information content (AvgIpc) is 3.01. The predicted molar refractivity (Wildman–Crippen MR) is 114 cm³/mol. The van der Waals surface area contributed by atoms with Crippen LogP contribution in [0.15, 0.2) is 58.7 Å². The lowest BCUT2D eigenvalue weighted by atomic mass is 10.0. The minimum absolute atomic E-state index is 0.0237. The van der Waals surface area contributed by atoms with Gasteiger partial charge in [0.15, 0.2) is 11.6 Å². The third-order valence-corrected chi connectivity index (χ3v) is 4.32. The van der Waals surface area contributed by atoms with Crippen LogP contribution < -0.4 is 21.7 Å². The Morgan fingerprint density at radius 3 is 2.21 bits per heavy atom. The Kier molecular flexibility index (Phi) is 6.05. The number of nitrogens with two attached hydrogens (primary N) is 2. The minimum Gasteiger partial charge on any atom is -0.369 e. The summed E-state index contributed by atoms with van der Waals surface area (Å²) in [5.41, 5.74) is 8.84. The van der Waals surface area contributed by atoms with Gasteiger partial charge in [-0.1, -0.05) is 12.1 Å². The molecule has 5 N–H and O–H groups in total. The van der Waals surface area contributed by atoms with Crippen LogP contribution in [0.2, 0.25) is 0 Å². The molecule has 3 rings (SSSR count). The number of amides is 3. The summed E-state index contributed by atoms with van der Waals surface area (Å²) in [5.74, 6) is -5.60. The molecule has 1 aliphatic rings. The zero-order valence-corrected chi connectivity index (χ0v) is 16.4. The first kappa shape index (κ1) is 22.5. The summed E-state index contributed by atoms with van der Waals surface area (Å²) in [5, 5.41) is 31.2. The molecule has 1 aliphatic heterocycles. The van der Waals surface area contributed by atoms with Gasteiger partial charge in [-0.25, -0.2) is 4.90 Å². The molecule has 1 saturated heterocycles. The van der Waals surface area contributed by atoms with Gasteiger partial charge in [0.2, 0.25) is 11.9 Å². The SMILES string of the molecule is NC(N)=NN=C1C(=O)N(c2cccc([N+](=O)[O-])c2)C(=O)C1C(=O)Nc1cccc([N+](=O)[O-])c1. The van der Waals surface area contributed by atoms with Gasteiger partial charge in [-0.05, 0) is 12.1 Å². The molecule has 15 nitrogen and oxygen atoms in total. The molecular formula is C18H14N8O7. The van der Waals surface area contributed by atoms with Crippen LogP contribution in [-0.2, 0) is 14.4 Å². The van der Waals surface area contributed by atoms with Crippen LogP contribution in [-0.4, -0.2) is 39.2 Å². The van der Waals surface area contributed by atoms with Crippen LogP contribution in [0, 0.1) is 26.1 Å². The minimum atomic E-state index is -1.83. The lowest BCUT2D eigenvalue weighted by Gasteiger charge is -2.14. The number of nitrogens with one attached hydrogen (secondary N) is 1.